The number of esters is 1. The Kier molecular flexibility index (Phi) is 6.59. The van der Waals surface area contributed by atoms with Gasteiger partial charge in [0.1, 0.15) is 11.9 Å². The second-order valence-corrected chi connectivity index (χ2v) is 12.6. The summed E-state index contributed by atoms with van der Waals surface area (Å²) >= 11 is 0. The second-order valence-electron chi connectivity index (χ2n) is 12.6. The lowest BCUT2D eigenvalue weighted by Gasteiger charge is -2.64. The van der Waals surface area contributed by atoms with Crippen LogP contribution in [0.3, 0.4) is 0 Å². The number of fused-ring (bicyclic) bond motifs is 5. The van der Waals surface area contributed by atoms with Crippen molar-refractivity contribution in [2.24, 2.45) is 52.3 Å². The zero-order valence-corrected chi connectivity index (χ0v) is 21.2. The first-order valence-corrected chi connectivity index (χ1v) is 13.4. The van der Waals surface area contributed by atoms with E-state index in [0.717, 1.165) is 25.7 Å². The Morgan fingerprint density at radius 1 is 1.00 bits per heavy atom. The van der Waals surface area contributed by atoms with Gasteiger partial charge in [-0.3, -0.25) is 4.79 Å². The summed E-state index contributed by atoms with van der Waals surface area (Å²) in [5.74, 6) is 3.37. The molecule has 0 aliphatic heterocycles. The van der Waals surface area contributed by atoms with Gasteiger partial charge in [-0.15, -0.1) is 0 Å². The Morgan fingerprint density at radius 3 is 2.28 bits per heavy atom. The highest BCUT2D eigenvalue weighted by Crippen LogP contribution is 2.69. The molecule has 182 valence electrons. The molecular weight excluding hydrogens is 400 g/mol. The molecular formula is C28H46O4. The molecule has 4 nitrogen and oxygen atoms in total. The number of ketones is 1. The van der Waals surface area contributed by atoms with Gasteiger partial charge >= 0.3 is 5.97 Å². The van der Waals surface area contributed by atoms with E-state index in [0.29, 0.717) is 47.7 Å². The molecule has 4 fully saturated rings. The maximum atomic E-state index is 11.9. The van der Waals surface area contributed by atoms with Crippen LogP contribution in [0.2, 0.25) is 0 Å². The molecule has 0 aromatic rings. The van der Waals surface area contributed by atoms with E-state index in [2.05, 4.69) is 27.7 Å². The van der Waals surface area contributed by atoms with Crippen LogP contribution in [0.5, 0.6) is 0 Å². The van der Waals surface area contributed by atoms with Crippen molar-refractivity contribution in [1.82, 2.24) is 0 Å². The largest absolute Gasteiger partial charge is 0.463 e. The molecule has 0 aromatic carbocycles. The van der Waals surface area contributed by atoms with Gasteiger partial charge < -0.3 is 14.6 Å². The first-order valence-electron chi connectivity index (χ1n) is 13.4. The first-order chi connectivity index (χ1) is 15.0. The summed E-state index contributed by atoms with van der Waals surface area (Å²) in [5, 5.41) is 11.9. The lowest BCUT2D eigenvalue weighted by Crippen LogP contribution is -2.62. The van der Waals surface area contributed by atoms with Crippen LogP contribution in [0.1, 0.15) is 99.3 Å². The SMILES string of the molecule is CC[C@H]1[C@@H](O)C2C3CC[C@H]([C@H](C)CC(C)=O)[C@@]3(C)CCC2[C@@]2(C)CC[C@@H](OC(C)=O)C[C@@H]12. The number of carbonyl (C=O) groups excluding carboxylic acids is 2. The Bertz CT molecular complexity index is 733. The van der Waals surface area contributed by atoms with E-state index in [1.165, 1.54) is 32.6 Å². The number of ether oxygens (including phenoxy) is 1. The van der Waals surface area contributed by atoms with Crippen LogP contribution in [-0.2, 0) is 14.3 Å². The maximum absolute atomic E-state index is 11.9. The standard InChI is InChI=1S/C28H46O4/c1-7-20-24-15-19(32-18(4)30)10-12-28(24,6)23-11-13-27(5)21(16(2)14-17(3)29)8-9-22(27)25(23)26(20)31/h16,19-26,31H,7-15H2,1-6H3/t16-,19-,20-,21-,22?,23?,24+,25?,26-,27-,28-/m1/s1. The van der Waals surface area contributed by atoms with Crippen molar-refractivity contribution >= 4 is 11.8 Å². The number of hydrogen-bond acceptors (Lipinski definition) is 4. The van der Waals surface area contributed by atoms with E-state index < -0.39 is 0 Å². The van der Waals surface area contributed by atoms with E-state index in [4.69, 9.17) is 4.74 Å². The number of rotatable bonds is 5. The summed E-state index contributed by atoms with van der Waals surface area (Å²) in [6.45, 7) is 12.8. The molecule has 4 aliphatic carbocycles. The zero-order chi connectivity index (χ0) is 23.4. The second kappa shape index (κ2) is 8.71. The smallest absolute Gasteiger partial charge is 0.302 e. The zero-order valence-electron chi connectivity index (χ0n) is 21.2. The number of aliphatic hydroxyl groups excluding tert-OH is 1. The van der Waals surface area contributed by atoms with E-state index in [1.54, 1.807) is 6.92 Å². The highest BCUT2D eigenvalue weighted by molar-refractivity contribution is 5.75. The fourth-order valence-electron chi connectivity index (χ4n) is 9.85. The van der Waals surface area contributed by atoms with Gasteiger partial charge in [-0.25, -0.2) is 0 Å². The topological polar surface area (TPSA) is 63.6 Å². The molecule has 0 saturated heterocycles. The molecule has 4 saturated carbocycles. The summed E-state index contributed by atoms with van der Waals surface area (Å²) in [6, 6.07) is 0. The van der Waals surface area contributed by atoms with Gasteiger partial charge in [0.15, 0.2) is 0 Å². The predicted molar refractivity (Wildman–Crippen MR) is 126 cm³/mol. The highest BCUT2D eigenvalue weighted by Gasteiger charge is 2.65. The minimum atomic E-state index is -0.259. The Balaban J connectivity index is 1.62. The van der Waals surface area contributed by atoms with E-state index in [-0.39, 0.29) is 34.9 Å². The third-order valence-corrected chi connectivity index (χ3v) is 11.1. The van der Waals surface area contributed by atoms with Crippen LogP contribution in [-0.4, -0.2) is 29.1 Å². The third-order valence-electron chi connectivity index (χ3n) is 11.1. The van der Waals surface area contributed by atoms with Gasteiger partial charge in [0, 0.05) is 13.3 Å². The first kappa shape index (κ1) is 24.2. The van der Waals surface area contributed by atoms with Crippen LogP contribution < -0.4 is 0 Å². The highest BCUT2D eigenvalue weighted by atomic mass is 16.5. The Hall–Kier alpha value is -0.900. The maximum Gasteiger partial charge on any atom is 0.302 e. The summed E-state index contributed by atoms with van der Waals surface area (Å²) in [5.41, 5.74) is 0.471. The van der Waals surface area contributed by atoms with Crippen LogP contribution in [0, 0.1) is 52.3 Å². The average molecular weight is 447 g/mol. The van der Waals surface area contributed by atoms with Crippen LogP contribution in [0.25, 0.3) is 0 Å². The van der Waals surface area contributed by atoms with Crippen molar-refractivity contribution < 1.29 is 19.4 Å². The minimum absolute atomic E-state index is 0.0144. The van der Waals surface area contributed by atoms with E-state index >= 15 is 0 Å². The molecule has 0 spiro atoms. The van der Waals surface area contributed by atoms with Crippen LogP contribution in [0.4, 0.5) is 0 Å². The molecule has 1 N–H and O–H groups in total. The van der Waals surface area contributed by atoms with Crippen molar-refractivity contribution in [2.75, 3.05) is 0 Å². The molecule has 4 heteroatoms. The summed E-state index contributed by atoms with van der Waals surface area (Å²) < 4.78 is 5.66. The third kappa shape index (κ3) is 3.77. The number of carbonyl (C=O) groups is 2. The molecule has 0 radical (unpaired) electrons. The molecule has 4 rings (SSSR count). The monoisotopic (exact) mass is 446 g/mol. The lowest BCUT2D eigenvalue weighted by atomic mass is 9.41. The fraction of sp³-hybridized carbons (Fsp3) is 0.929. The van der Waals surface area contributed by atoms with Crippen molar-refractivity contribution in [3.8, 4) is 0 Å². The molecule has 3 unspecified atom stereocenters. The lowest BCUT2D eigenvalue weighted by molar-refractivity contribution is -0.207. The molecule has 0 aromatic heterocycles. The number of aliphatic hydroxyl groups is 1. The van der Waals surface area contributed by atoms with Crippen molar-refractivity contribution in [3.63, 3.8) is 0 Å². The quantitative estimate of drug-likeness (QED) is 0.542. The fourth-order valence-corrected chi connectivity index (χ4v) is 9.85. The van der Waals surface area contributed by atoms with Gasteiger partial charge in [0.25, 0.3) is 0 Å². The van der Waals surface area contributed by atoms with Crippen molar-refractivity contribution in [2.45, 2.75) is 112 Å². The molecule has 4 aliphatic rings. The molecule has 11 atom stereocenters. The van der Waals surface area contributed by atoms with Gasteiger partial charge in [-0.2, -0.15) is 0 Å². The predicted octanol–water partition coefficient (Wildman–Crippen LogP) is 5.80. The summed E-state index contributed by atoms with van der Waals surface area (Å²) in [6.07, 6.45) is 9.25. The van der Waals surface area contributed by atoms with Gasteiger partial charge in [-0.05, 0) is 104 Å². The van der Waals surface area contributed by atoms with Crippen molar-refractivity contribution in [1.29, 1.82) is 0 Å². The van der Waals surface area contributed by atoms with Crippen LogP contribution in [0.15, 0.2) is 0 Å². The number of hydrogen-bond donors (Lipinski definition) is 1. The Morgan fingerprint density at radius 2 is 1.66 bits per heavy atom. The van der Waals surface area contributed by atoms with Gasteiger partial charge in [-0.1, -0.05) is 34.1 Å². The molecule has 32 heavy (non-hydrogen) atoms. The Labute approximate surface area is 195 Å². The van der Waals surface area contributed by atoms with Crippen molar-refractivity contribution in [3.05, 3.63) is 0 Å². The summed E-state index contributed by atoms with van der Waals surface area (Å²) in [4.78, 5) is 23.5. The molecule has 0 bridgehead atoms. The average Bonchev–Trinajstić information content (AvgIpc) is 3.05. The number of Topliss-reactive ketones (excluding diaryl/α,β-unsaturated/α-hetero) is 1. The minimum Gasteiger partial charge on any atom is -0.463 e. The van der Waals surface area contributed by atoms with E-state index in [9.17, 15) is 14.7 Å². The van der Waals surface area contributed by atoms with Crippen LogP contribution >= 0.6 is 0 Å². The normalized spacial score (nSPS) is 48.8. The molecule has 0 amide bonds. The molecule has 0 heterocycles. The van der Waals surface area contributed by atoms with Gasteiger partial charge in [0.2, 0.25) is 0 Å². The summed E-state index contributed by atoms with van der Waals surface area (Å²) in [7, 11) is 0. The van der Waals surface area contributed by atoms with Gasteiger partial charge in [0.05, 0.1) is 6.10 Å². The van der Waals surface area contributed by atoms with E-state index in [1.807, 2.05) is 0 Å².